The van der Waals surface area contributed by atoms with Gasteiger partial charge in [-0.25, -0.2) is 0 Å². The second kappa shape index (κ2) is 6.59. The third-order valence-electron chi connectivity index (χ3n) is 3.77. The zero-order valence-corrected chi connectivity index (χ0v) is 11.5. The van der Waals surface area contributed by atoms with Gasteiger partial charge < -0.3 is 10.1 Å². The molecule has 0 aromatic heterocycles. The van der Waals surface area contributed by atoms with E-state index < -0.39 is 11.7 Å². The lowest BCUT2D eigenvalue weighted by Gasteiger charge is -2.16. The lowest BCUT2D eigenvalue weighted by Crippen LogP contribution is -2.22. The van der Waals surface area contributed by atoms with Crippen molar-refractivity contribution in [2.75, 3.05) is 19.8 Å². The van der Waals surface area contributed by atoms with Gasteiger partial charge in [-0.05, 0) is 49.9 Å². The first-order valence-corrected chi connectivity index (χ1v) is 6.95. The van der Waals surface area contributed by atoms with Crippen LogP contribution in [-0.2, 0) is 10.9 Å². The van der Waals surface area contributed by atoms with Crippen LogP contribution in [-0.4, -0.2) is 19.8 Å². The zero-order chi connectivity index (χ0) is 14.6. The van der Waals surface area contributed by atoms with E-state index in [-0.39, 0.29) is 6.04 Å². The molecule has 1 aromatic rings. The van der Waals surface area contributed by atoms with Gasteiger partial charge >= 0.3 is 6.18 Å². The van der Waals surface area contributed by atoms with Crippen LogP contribution >= 0.6 is 0 Å². The van der Waals surface area contributed by atoms with E-state index in [1.807, 2.05) is 6.92 Å². The predicted octanol–water partition coefficient (Wildman–Crippen LogP) is 3.78. The maximum atomic E-state index is 12.5. The fourth-order valence-corrected chi connectivity index (χ4v) is 2.39. The zero-order valence-electron chi connectivity index (χ0n) is 11.5. The summed E-state index contributed by atoms with van der Waals surface area (Å²) in [6.45, 7) is 4.50. The molecular weight excluding hydrogens is 267 g/mol. The number of halogens is 3. The van der Waals surface area contributed by atoms with Crippen molar-refractivity contribution in [2.45, 2.75) is 32.0 Å². The van der Waals surface area contributed by atoms with Gasteiger partial charge in [-0.2, -0.15) is 13.2 Å². The van der Waals surface area contributed by atoms with E-state index in [2.05, 4.69) is 5.32 Å². The van der Waals surface area contributed by atoms with Gasteiger partial charge in [0, 0.05) is 19.3 Å². The van der Waals surface area contributed by atoms with Crippen LogP contribution in [0.1, 0.15) is 36.9 Å². The van der Waals surface area contributed by atoms with Gasteiger partial charge in [-0.1, -0.05) is 12.1 Å². The van der Waals surface area contributed by atoms with Crippen molar-refractivity contribution < 1.29 is 17.9 Å². The van der Waals surface area contributed by atoms with Gasteiger partial charge in [0.1, 0.15) is 0 Å². The van der Waals surface area contributed by atoms with E-state index in [0.29, 0.717) is 5.92 Å². The number of alkyl halides is 3. The highest BCUT2D eigenvalue weighted by molar-refractivity contribution is 5.26. The van der Waals surface area contributed by atoms with Crippen LogP contribution in [0.5, 0.6) is 0 Å². The largest absolute Gasteiger partial charge is 0.416 e. The predicted molar refractivity (Wildman–Crippen MR) is 71.4 cm³/mol. The maximum absolute atomic E-state index is 12.5. The second-order valence-corrected chi connectivity index (χ2v) is 5.31. The van der Waals surface area contributed by atoms with Crippen LogP contribution < -0.4 is 5.32 Å². The summed E-state index contributed by atoms with van der Waals surface area (Å²) in [7, 11) is 0. The Balaban J connectivity index is 1.81. The van der Waals surface area contributed by atoms with Crippen LogP contribution in [0.3, 0.4) is 0 Å². The number of rotatable bonds is 5. The van der Waals surface area contributed by atoms with Crippen molar-refractivity contribution in [2.24, 2.45) is 5.92 Å². The van der Waals surface area contributed by atoms with Crippen molar-refractivity contribution in [3.05, 3.63) is 35.4 Å². The Morgan fingerprint density at radius 2 is 2.00 bits per heavy atom. The minimum atomic E-state index is -4.27. The first kappa shape index (κ1) is 15.3. The molecule has 1 saturated heterocycles. The summed E-state index contributed by atoms with van der Waals surface area (Å²) in [4.78, 5) is 0. The number of ether oxygens (including phenoxy) is 1. The summed E-state index contributed by atoms with van der Waals surface area (Å²) in [5.41, 5.74) is 0.275. The number of benzene rings is 1. The van der Waals surface area contributed by atoms with Gasteiger partial charge in [0.15, 0.2) is 0 Å². The van der Waals surface area contributed by atoms with Gasteiger partial charge in [0.25, 0.3) is 0 Å². The SMILES string of the molecule is CC(NCCC1CCOC1)c1ccc(C(F)(F)F)cc1. The summed E-state index contributed by atoms with van der Waals surface area (Å²) in [5.74, 6) is 0.613. The molecule has 2 atom stereocenters. The Bertz CT molecular complexity index is 410. The molecule has 0 radical (unpaired) electrons. The molecule has 5 heteroatoms. The number of hydrogen-bond donors (Lipinski definition) is 1. The molecule has 2 rings (SSSR count). The Labute approximate surface area is 117 Å². The molecule has 2 unspecified atom stereocenters. The highest BCUT2D eigenvalue weighted by Gasteiger charge is 2.30. The smallest absolute Gasteiger partial charge is 0.381 e. The Hall–Kier alpha value is -1.07. The molecular formula is C15H20F3NO. The van der Waals surface area contributed by atoms with E-state index in [1.54, 1.807) is 12.1 Å². The van der Waals surface area contributed by atoms with Crippen LogP contribution in [0.2, 0.25) is 0 Å². The monoisotopic (exact) mass is 287 g/mol. The van der Waals surface area contributed by atoms with Gasteiger partial charge in [-0.3, -0.25) is 0 Å². The highest BCUT2D eigenvalue weighted by atomic mass is 19.4. The van der Waals surface area contributed by atoms with Crippen LogP contribution in [0.15, 0.2) is 24.3 Å². The van der Waals surface area contributed by atoms with Crippen LogP contribution in [0.25, 0.3) is 0 Å². The summed E-state index contributed by atoms with van der Waals surface area (Å²) < 4.78 is 42.7. The van der Waals surface area contributed by atoms with Gasteiger partial charge in [-0.15, -0.1) is 0 Å². The number of nitrogens with one attached hydrogen (secondary N) is 1. The normalized spacial score (nSPS) is 21.1. The Kier molecular flexibility index (Phi) is 5.05. The van der Waals surface area contributed by atoms with Crippen molar-refractivity contribution in [3.63, 3.8) is 0 Å². The standard InChI is InChI=1S/C15H20F3NO/c1-11(19-8-6-12-7-9-20-10-12)13-2-4-14(5-3-13)15(16,17)18/h2-5,11-12,19H,6-10H2,1H3. The molecule has 0 bridgehead atoms. The topological polar surface area (TPSA) is 21.3 Å². The molecule has 1 aromatic carbocycles. The Morgan fingerprint density at radius 1 is 1.30 bits per heavy atom. The summed E-state index contributed by atoms with van der Waals surface area (Å²) in [5, 5.41) is 3.35. The van der Waals surface area contributed by atoms with Gasteiger partial charge in [0.05, 0.1) is 5.56 Å². The molecule has 1 fully saturated rings. The Morgan fingerprint density at radius 3 is 2.55 bits per heavy atom. The molecule has 0 saturated carbocycles. The molecule has 2 nitrogen and oxygen atoms in total. The van der Waals surface area contributed by atoms with Crippen molar-refractivity contribution in [1.29, 1.82) is 0 Å². The summed E-state index contributed by atoms with van der Waals surface area (Å²) in [6.07, 6.45) is -2.11. The van der Waals surface area contributed by atoms with Crippen LogP contribution in [0.4, 0.5) is 13.2 Å². The molecule has 112 valence electrons. The van der Waals surface area contributed by atoms with Crippen molar-refractivity contribution >= 4 is 0 Å². The molecule has 1 heterocycles. The fourth-order valence-electron chi connectivity index (χ4n) is 2.39. The van der Waals surface area contributed by atoms with E-state index in [0.717, 1.165) is 50.3 Å². The average molecular weight is 287 g/mol. The second-order valence-electron chi connectivity index (χ2n) is 5.31. The minimum absolute atomic E-state index is 0.0552. The van der Waals surface area contributed by atoms with E-state index in [1.165, 1.54) is 0 Å². The fraction of sp³-hybridized carbons (Fsp3) is 0.600. The van der Waals surface area contributed by atoms with Gasteiger partial charge in [0.2, 0.25) is 0 Å². The first-order valence-electron chi connectivity index (χ1n) is 6.95. The summed E-state index contributed by atoms with van der Waals surface area (Å²) >= 11 is 0. The van der Waals surface area contributed by atoms with E-state index in [9.17, 15) is 13.2 Å². The lowest BCUT2D eigenvalue weighted by molar-refractivity contribution is -0.137. The molecule has 0 spiro atoms. The molecule has 1 aliphatic heterocycles. The van der Waals surface area contributed by atoms with E-state index >= 15 is 0 Å². The van der Waals surface area contributed by atoms with Crippen molar-refractivity contribution in [3.8, 4) is 0 Å². The quantitative estimate of drug-likeness (QED) is 0.890. The van der Waals surface area contributed by atoms with E-state index in [4.69, 9.17) is 4.74 Å². The molecule has 20 heavy (non-hydrogen) atoms. The third kappa shape index (κ3) is 4.21. The highest BCUT2D eigenvalue weighted by Crippen LogP contribution is 2.29. The maximum Gasteiger partial charge on any atom is 0.416 e. The summed E-state index contributed by atoms with van der Waals surface area (Å²) in [6, 6.07) is 5.41. The molecule has 1 N–H and O–H groups in total. The molecule has 1 aliphatic rings. The van der Waals surface area contributed by atoms with Crippen molar-refractivity contribution in [1.82, 2.24) is 5.32 Å². The van der Waals surface area contributed by atoms with Crippen LogP contribution in [0, 0.1) is 5.92 Å². The molecule has 0 aliphatic carbocycles. The lowest BCUT2D eigenvalue weighted by atomic mass is 10.0. The molecule has 0 amide bonds. The third-order valence-corrected chi connectivity index (χ3v) is 3.77. The average Bonchev–Trinajstić information content (AvgIpc) is 2.91. The number of hydrogen-bond acceptors (Lipinski definition) is 2. The first-order chi connectivity index (χ1) is 9.47. The minimum Gasteiger partial charge on any atom is -0.381 e.